The van der Waals surface area contributed by atoms with Gasteiger partial charge in [0, 0.05) is 43.3 Å². The summed E-state index contributed by atoms with van der Waals surface area (Å²) < 4.78 is 14.5. The van der Waals surface area contributed by atoms with Gasteiger partial charge in [0.15, 0.2) is 0 Å². The van der Waals surface area contributed by atoms with Crippen LogP contribution in [0.1, 0.15) is 12.0 Å². The molecule has 2 atom stereocenters. The molecule has 2 aromatic carbocycles. The molecule has 10 heteroatoms. The molecule has 1 saturated heterocycles. The van der Waals surface area contributed by atoms with Crippen LogP contribution in [0.25, 0.3) is 0 Å². The summed E-state index contributed by atoms with van der Waals surface area (Å²) >= 11 is 5.84. The molecule has 0 aliphatic carbocycles. The Bertz CT molecular complexity index is 999. The molecular formula is C21H23ClFN5O3. The smallest absolute Gasteiger partial charge is 0.322 e. The lowest BCUT2D eigenvalue weighted by atomic mass is 10.1. The second-order valence-electron chi connectivity index (χ2n) is 7.42. The highest BCUT2D eigenvalue weighted by molar-refractivity contribution is 6.30. The Morgan fingerprint density at radius 3 is 2.48 bits per heavy atom. The second kappa shape index (κ2) is 9.32. The summed E-state index contributed by atoms with van der Waals surface area (Å²) in [6.07, 6.45) is -0.843. The lowest BCUT2D eigenvalue weighted by Crippen LogP contribution is -2.45. The van der Waals surface area contributed by atoms with Gasteiger partial charge in [-0.25, -0.2) is 9.18 Å². The van der Waals surface area contributed by atoms with Crippen molar-refractivity contribution in [3.63, 3.8) is 0 Å². The molecule has 3 amide bonds. The van der Waals surface area contributed by atoms with Crippen molar-refractivity contribution in [3.05, 3.63) is 58.9 Å². The number of β-amino-alcohol motifs (C(OH)–C–C–N with tert-alkyl or cyclic N) is 1. The predicted molar refractivity (Wildman–Crippen MR) is 117 cm³/mol. The van der Waals surface area contributed by atoms with E-state index in [1.807, 2.05) is 0 Å². The molecule has 2 aromatic rings. The number of carbonyl (C=O) groups is 2. The fourth-order valence-corrected chi connectivity index (χ4v) is 3.38. The Hall–Kier alpha value is -3.17. The number of halogens is 2. The topological polar surface area (TPSA) is 109 Å². The molecule has 4 N–H and O–H groups in total. The molecule has 1 aliphatic rings. The maximum absolute atomic E-state index is 14.5. The van der Waals surface area contributed by atoms with Crippen LogP contribution in [-0.2, 0) is 4.79 Å². The summed E-state index contributed by atoms with van der Waals surface area (Å²) in [4.78, 5) is 28.2. The zero-order valence-corrected chi connectivity index (χ0v) is 17.8. The molecule has 8 nitrogen and oxygen atoms in total. The van der Waals surface area contributed by atoms with E-state index in [1.54, 1.807) is 38.4 Å². The Morgan fingerprint density at radius 1 is 1.19 bits per heavy atom. The molecule has 31 heavy (non-hydrogen) atoms. The predicted octanol–water partition coefficient (Wildman–Crippen LogP) is 2.97. The number of aliphatic hydroxyl groups is 1. The summed E-state index contributed by atoms with van der Waals surface area (Å²) in [5.41, 5.74) is 0.778. The molecule has 0 bridgehead atoms. The number of amidine groups is 1. The van der Waals surface area contributed by atoms with Crippen molar-refractivity contribution in [1.29, 1.82) is 5.41 Å². The van der Waals surface area contributed by atoms with Crippen molar-refractivity contribution in [2.45, 2.75) is 18.6 Å². The van der Waals surface area contributed by atoms with Crippen molar-refractivity contribution >= 4 is 40.7 Å². The van der Waals surface area contributed by atoms with Crippen molar-refractivity contribution < 1.29 is 19.1 Å². The van der Waals surface area contributed by atoms with Crippen molar-refractivity contribution in [3.8, 4) is 0 Å². The fourth-order valence-electron chi connectivity index (χ4n) is 3.25. The highest BCUT2D eigenvalue weighted by atomic mass is 35.5. The summed E-state index contributed by atoms with van der Waals surface area (Å²) in [6.45, 7) is -0.0288. The fraction of sp³-hybridized carbons (Fsp3) is 0.286. The number of carbonyl (C=O) groups excluding carboxylic acids is 2. The minimum absolute atomic E-state index is 0.0288. The third-order valence-corrected chi connectivity index (χ3v) is 5.14. The van der Waals surface area contributed by atoms with E-state index in [1.165, 1.54) is 21.9 Å². The first-order valence-electron chi connectivity index (χ1n) is 9.53. The van der Waals surface area contributed by atoms with E-state index in [0.717, 1.165) is 6.07 Å². The molecule has 164 valence electrons. The number of urea groups is 1. The first kappa shape index (κ1) is 22.5. The number of nitrogens with one attached hydrogen (secondary N) is 3. The van der Waals surface area contributed by atoms with Crippen molar-refractivity contribution in [2.75, 3.05) is 31.3 Å². The van der Waals surface area contributed by atoms with Crippen LogP contribution in [0.15, 0.2) is 42.5 Å². The van der Waals surface area contributed by atoms with Crippen LogP contribution in [0.5, 0.6) is 0 Å². The average molecular weight is 448 g/mol. The van der Waals surface area contributed by atoms with Gasteiger partial charge in [-0.3, -0.25) is 10.2 Å². The molecule has 0 aromatic heterocycles. The van der Waals surface area contributed by atoms with Crippen molar-refractivity contribution in [2.24, 2.45) is 0 Å². The maximum Gasteiger partial charge on any atom is 0.322 e. The highest BCUT2D eigenvalue weighted by Crippen LogP contribution is 2.23. The van der Waals surface area contributed by atoms with Crippen molar-refractivity contribution in [1.82, 2.24) is 9.80 Å². The number of likely N-dealkylation sites (tertiary alicyclic amines) is 1. The Morgan fingerprint density at radius 2 is 1.87 bits per heavy atom. The van der Waals surface area contributed by atoms with Gasteiger partial charge in [-0.05, 0) is 42.5 Å². The highest BCUT2D eigenvalue weighted by Gasteiger charge is 2.39. The molecule has 1 aliphatic heterocycles. The Kier molecular flexibility index (Phi) is 6.77. The van der Waals surface area contributed by atoms with Crippen LogP contribution < -0.4 is 10.6 Å². The number of amides is 3. The number of rotatable bonds is 4. The largest absolute Gasteiger partial charge is 0.391 e. The van der Waals surface area contributed by atoms with Crippen LogP contribution in [-0.4, -0.2) is 65.5 Å². The normalized spacial score (nSPS) is 17.9. The van der Waals surface area contributed by atoms with Crippen LogP contribution in [0.3, 0.4) is 0 Å². The van der Waals surface area contributed by atoms with Crippen LogP contribution in [0.4, 0.5) is 20.6 Å². The molecule has 1 heterocycles. The monoisotopic (exact) mass is 447 g/mol. The lowest BCUT2D eigenvalue weighted by molar-refractivity contribution is -0.119. The number of hydrogen-bond donors (Lipinski definition) is 4. The first-order valence-corrected chi connectivity index (χ1v) is 9.91. The summed E-state index contributed by atoms with van der Waals surface area (Å²) in [5.74, 6) is -1.19. The minimum Gasteiger partial charge on any atom is -0.391 e. The third kappa shape index (κ3) is 5.31. The van der Waals surface area contributed by atoms with Crippen LogP contribution in [0, 0.1) is 11.2 Å². The van der Waals surface area contributed by atoms with E-state index < -0.39 is 29.9 Å². The molecule has 0 unspecified atom stereocenters. The lowest BCUT2D eigenvalue weighted by Gasteiger charge is -2.24. The molecular weight excluding hydrogens is 425 g/mol. The third-order valence-electron chi connectivity index (χ3n) is 4.89. The van der Waals surface area contributed by atoms with Gasteiger partial charge in [-0.2, -0.15) is 0 Å². The molecule has 0 spiro atoms. The van der Waals surface area contributed by atoms with E-state index in [9.17, 15) is 19.1 Å². The van der Waals surface area contributed by atoms with Crippen LogP contribution >= 0.6 is 11.6 Å². The number of aliphatic hydroxyl groups excluding tert-OH is 1. The molecule has 1 fully saturated rings. The van der Waals surface area contributed by atoms with Gasteiger partial charge in [0.05, 0.1) is 11.8 Å². The minimum atomic E-state index is -0.971. The van der Waals surface area contributed by atoms with E-state index in [-0.39, 0.29) is 24.5 Å². The van der Waals surface area contributed by atoms with Gasteiger partial charge in [-0.1, -0.05) is 11.6 Å². The standard InChI is InChI=1S/C21H23ClFN5O3/c1-27(2)19(24)12-3-8-17(16(23)9-12)26-20(30)18-10-15(29)11-28(18)21(31)25-14-6-4-13(22)5-7-14/h3-9,15,18,24,29H,10-11H2,1-2H3,(H,25,31)(H,26,30)/t15-,18+/m1/s1. The number of benzene rings is 2. The summed E-state index contributed by atoms with van der Waals surface area (Å²) in [5, 5.41) is 23.6. The number of nitrogens with zero attached hydrogens (tertiary/aromatic N) is 2. The average Bonchev–Trinajstić information content (AvgIpc) is 3.12. The molecule has 3 rings (SSSR count). The molecule has 0 radical (unpaired) electrons. The van der Waals surface area contributed by atoms with Gasteiger partial charge >= 0.3 is 6.03 Å². The quantitative estimate of drug-likeness (QED) is 0.426. The molecule has 0 saturated carbocycles. The number of anilines is 2. The van der Waals surface area contributed by atoms with E-state index in [4.69, 9.17) is 17.0 Å². The van der Waals surface area contributed by atoms with E-state index in [0.29, 0.717) is 16.3 Å². The van der Waals surface area contributed by atoms with Gasteiger partial charge in [0.25, 0.3) is 0 Å². The van der Waals surface area contributed by atoms with E-state index in [2.05, 4.69) is 10.6 Å². The zero-order valence-electron chi connectivity index (χ0n) is 17.0. The Balaban J connectivity index is 1.71. The summed E-state index contributed by atoms with van der Waals surface area (Å²) in [6, 6.07) is 8.97. The maximum atomic E-state index is 14.5. The summed E-state index contributed by atoms with van der Waals surface area (Å²) in [7, 11) is 3.34. The van der Waals surface area contributed by atoms with Gasteiger partial charge in [0.1, 0.15) is 17.7 Å². The van der Waals surface area contributed by atoms with Gasteiger partial charge in [-0.15, -0.1) is 0 Å². The van der Waals surface area contributed by atoms with Gasteiger partial charge in [0.2, 0.25) is 5.91 Å². The zero-order chi connectivity index (χ0) is 22.7. The van der Waals surface area contributed by atoms with E-state index >= 15 is 0 Å². The first-order chi connectivity index (χ1) is 14.7. The van der Waals surface area contributed by atoms with Crippen LogP contribution in [0.2, 0.25) is 5.02 Å². The Labute approximate surface area is 184 Å². The number of hydrogen-bond acceptors (Lipinski definition) is 4. The second-order valence-corrected chi connectivity index (χ2v) is 7.86. The van der Waals surface area contributed by atoms with Gasteiger partial charge < -0.3 is 25.5 Å². The SMILES string of the molecule is CN(C)C(=N)c1ccc(NC(=O)[C@@H]2C[C@@H](O)CN2C(=O)Nc2ccc(Cl)cc2)c(F)c1.